The summed E-state index contributed by atoms with van der Waals surface area (Å²) in [6.07, 6.45) is 11.3. The minimum absolute atomic E-state index is 0.0677. The van der Waals surface area contributed by atoms with Crippen LogP contribution in [0.2, 0.25) is 0 Å². The zero-order chi connectivity index (χ0) is 12.1. The molecule has 0 amide bonds. The van der Waals surface area contributed by atoms with Crippen LogP contribution in [0, 0.1) is 0 Å². The maximum Gasteiger partial charge on any atom is 0.0945 e. The Morgan fingerprint density at radius 3 is 2.88 bits per heavy atom. The summed E-state index contributed by atoms with van der Waals surface area (Å²) in [7, 11) is 0. The Morgan fingerprint density at radius 1 is 1.53 bits per heavy atom. The summed E-state index contributed by atoms with van der Waals surface area (Å²) in [4.78, 5) is 4.03. The van der Waals surface area contributed by atoms with E-state index in [2.05, 4.69) is 21.8 Å². The number of aromatic nitrogens is 2. The van der Waals surface area contributed by atoms with Crippen LogP contribution < -0.4 is 5.32 Å². The molecule has 0 aliphatic heterocycles. The van der Waals surface area contributed by atoms with Crippen molar-refractivity contribution in [3.63, 3.8) is 0 Å². The van der Waals surface area contributed by atoms with Crippen LogP contribution in [0.4, 0.5) is 0 Å². The molecule has 4 heteroatoms. The van der Waals surface area contributed by atoms with E-state index in [9.17, 15) is 5.11 Å². The fourth-order valence-corrected chi connectivity index (χ4v) is 2.27. The maximum absolute atomic E-state index is 9.63. The van der Waals surface area contributed by atoms with Gasteiger partial charge in [0.05, 0.1) is 12.9 Å². The van der Waals surface area contributed by atoms with Crippen LogP contribution in [0.5, 0.6) is 0 Å². The molecule has 1 aromatic rings. The van der Waals surface area contributed by atoms with Gasteiger partial charge in [0.2, 0.25) is 0 Å². The number of hydrogen-bond acceptors (Lipinski definition) is 3. The summed E-state index contributed by atoms with van der Waals surface area (Å²) >= 11 is 0. The molecule has 1 saturated carbocycles. The molecule has 0 bridgehead atoms. The quantitative estimate of drug-likeness (QED) is 0.721. The average molecular weight is 237 g/mol. The van der Waals surface area contributed by atoms with Crippen molar-refractivity contribution in [2.24, 2.45) is 0 Å². The minimum Gasteiger partial charge on any atom is -0.394 e. The predicted molar refractivity (Wildman–Crippen MR) is 67.7 cm³/mol. The van der Waals surface area contributed by atoms with Gasteiger partial charge in [-0.1, -0.05) is 6.92 Å². The van der Waals surface area contributed by atoms with Crippen molar-refractivity contribution < 1.29 is 5.11 Å². The molecule has 1 unspecified atom stereocenters. The van der Waals surface area contributed by atoms with Gasteiger partial charge in [-0.15, -0.1) is 0 Å². The van der Waals surface area contributed by atoms with Crippen LogP contribution in [0.3, 0.4) is 0 Å². The van der Waals surface area contributed by atoms with E-state index in [1.807, 2.05) is 18.7 Å². The monoisotopic (exact) mass is 237 g/mol. The summed E-state index contributed by atoms with van der Waals surface area (Å²) in [6, 6.07) is 0.648. The molecule has 0 saturated heterocycles. The van der Waals surface area contributed by atoms with Crippen molar-refractivity contribution in [3.8, 4) is 0 Å². The number of hydrogen-bond donors (Lipinski definition) is 2. The molecule has 1 aliphatic rings. The molecule has 1 fully saturated rings. The molecular weight excluding hydrogens is 214 g/mol. The number of nitrogens with one attached hydrogen (secondary N) is 1. The highest BCUT2D eigenvalue weighted by Gasteiger charge is 2.33. The fraction of sp³-hybridized carbons (Fsp3) is 0.769. The van der Waals surface area contributed by atoms with Crippen molar-refractivity contribution in [1.29, 1.82) is 0 Å². The van der Waals surface area contributed by atoms with Gasteiger partial charge in [0, 0.05) is 30.5 Å². The molecule has 1 aromatic heterocycles. The lowest BCUT2D eigenvalue weighted by Crippen LogP contribution is -2.49. The Labute approximate surface area is 103 Å². The van der Waals surface area contributed by atoms with Gasteiger partial charge >= 0.3 is 0 Å². The Kier molecular flexibility index (Phi) is 4.18. The Morgan fingerprint density at radius 2 is 2.35 bits per heavy atom. The van der Waals surface area contributed by atoms with E-state index in [-0.39, 0.29) is 12.1 Å². The maximum atomic E-state index is 9.63. The number of rotatable bonds is 8. The number of aliphatic hydroxyl groups is 1. The van der Waals surface area contributed by atoms with Crippen molar-refractivity contribution >= 4 is 0 Å². The molecule has 96 valence electrons. The van der Waals surface area contributed by atoms with E-state index in [4.69, 9.17) is 0 Å². The molecule has 1 aliphatic carbocycles. The Bertz CT molecular complexity index is 315. The zero-order valence-electron chi connectivity index (χ0n) is 10.6. The summed E-state index contributed by atoms with van der Waals surface area (Å²) in [6.45, 7) is 3.38. The summed E-state index contributed by atoms with van der Waals surface area (Å²) < 4.78 is 2.09. The molecule has 17 heavy (non-hydrogen) atoms. The van der Waals surface area contributed by atoms with Gasteiger partial charge in [0.25, 0.3) is 0 Å². The minimum atomic E-state index is -0.0677. The zero-order valence-corrected chi connectivity index (χ0v) is 10.6. The van der Waals surface area contributed by atoms with Gasteiger partial charge in [-0.05, 0) is 32.1 Å². The molecule has 2 N–H and O–H groups in total. The van der Waals surface area contributed by atoms with E-state index in [0.29, 0.717) is 6.04 Å². The average Bonchev–Trinajstić information content (AvgIpc) is 3.01. The molecule has 0 spiro atoms. The lowest BCUT2D eigenvalue weighted by molar-refractivity contribution is 0.141. The van der Waals surface area contributed by atoms with Gasteiger partial charge in [0.1, 0.15) is 0 Å². The molecule has 1 heterocycles. The molecular formula is C13H23N3O. The Hall–Kier alpha value is -0.870. The number of nitrogens with zero attached hydrogens (tertiary/aromatic N) is 2. The van der Waals surface area contributed by atoms with Crippen LogP contribution in [-0.2, 0) is 6.54 Å². The Balaban J connectivity index is 1.79. The third-order valence-corrected chi connectivity index (χ3v) is 3.70. The normalized spacial score (nSPS) is 19.2. The van der Waals surface area contributed by atoms with E-state index in [1.165, 1.54) is 12.8 Å². The molecule has 1 atom stereocenters. The van der Waals surface area contributed by atoms with E-state index >= 15 is 0 Å². The number of aryl methyl sites for hydroxylation is 1. The van der Waals surface area contributed by atoms with Gasteiger partial charge in [-0.3, -0.25) is 0 Å². The number of imidazole rings is 1. The van der Waals surface area contributed by atoms with Crippen molar-refractivity contribution in [2.75, 3.05) is 6.61 Å². The molecule has 0 radical (unpaired) electrons. The van der Waals surface area contributed by atoms with Crippen molar-refractivity contribution in [2.45, 2.75) is 57.2 Å². The van der Waals surface area contributed by atoms with Crippen LogP contribution in [-0.4, -0.2) is 32.8 Å². The first-order valence-corrected chi connectivity index (χ1v) is 6.62. The summed E-state index contributed by atoms with van der Waals surface area (Å²) in [5.41, 5.74) is -0.0677. The van der Waals surface area contributed by atoms with Crippen LogP contribution in [0.15, 0.2) is 18.7 Å². The predicted octanol–water partition coefficient (Wildman–Crippen LogP) is 1.56. The second-order valence-electron chi connectivity index (χ2n) is 5.11. The van der Waals surface area contributed by atoms with Crippen molar-refractivity contribution in [1.82, 2.24) is 14.9 Å². The van der Waals surface area contributed by atoms with E-state index in [1.54, 1.807) is 0 Å². The first kappa shape index (κ1) is 12.6. The van der Waals surface area contributed by atoms with E-state index < -0.39 is 0 Å². The van der Waals surface area contributed by atoms with Crippen molar-refractivity contribution in [3.05, 3.63) is 18.7 Å². The summed E-state index contributed by atoms with van der Waals surface area (Å²) in [5, 5.41) is 13.2. The summed E-state index contributed by atoms with van der Waals surface area (Å²) in [5.74, 6) is 0. The van der Waals surface area contributed by atoms with E-state index in [0.717, 1.165) is 25.8 Å². The third kappa shape index (κ3) is 3.54. The lowest BCUT2D eigenvalue weighted by Gasteiger charge is -2.32. The first-order chi connectivity index (χ1) is 8.28. The molecule has 2 rings (SSSR count). The highest BCUT2D eigenvalue weighted by Crippen LogP contribution is 2.26. The van der Waals surface area contributed by atoms with Gasteiger partial charge < -0.3 is 15.0 Å². The highest BCUT2D eigenvalue weighted by molar-refractivity contribution is 4.94. The molecule has 0 aromatic carbocycles. The number of aliphatic hydroxyl groups excluding tert-OH is 1. The first-order valence-electron chi connectivity index (χ1n) is 6.62. The van der Waals surface area contributed by atoms with Gasteiger partial charge in [-0.2, -0.15) is 0 Å². The second-order valence-corrected chi connectivity index (χ2v) is 5.11. The van der Waals surface area contributed by atoms with Crippen LogP contribution >= 0.6 is 0 Å². The smallest absolute Gasteiger partial charge is 0.0945 e. The lowest BCUT2D eigenvalue weighted by atomic mass is 9.91. The highest BCUT2D eigenvalue weighted by atomic mass is 16.3. The third-order valence-electron chi connectivity index (χ3n) is 3.70. The van der Waals surface area contributed by atoms with Gasteiger partial charge in [0.15, 0.2) is 0 Å². The van der Waals surface area contributed by atoms with Crippen LogP contribution in [0.1, 0.15) is 39.0 Å². The topological polar surface area (TPSA) is 50.1 Å². The van der Waals surface area contributed by atoms with Crippen LogP contribution in [0.25, 0.3) is 0 Å². The second kappa shape index (κ2) is 5.65. The SMILES string of the molecule is CCC(CO)(CCCn1ccnc1)NC1CC1. The fourth-order valence-electron chi connectivity index (χ4n) is 2.27. The molecule has 4 nitrogen and oxygen atoms in total. The standard InChI is InChI=1S/C13H23N3O/c1-2-13(10-17,15-12-4-5-12)6-3-8-16-9-7-14-11-16/h7,9,11-12,15,17H,2-6,8,10H2,1H3. The van der Waals surface area contributed by atoms with Gasteiger partial charge in [-0.25, -0.2) is 4.98 Å². The largest absolute Gasteiger partial charge is 0.394 e.